The van der Waals surface area contributed by atoms with Crippen LogP contribution in [0.2, 0.25) is 0 Å². The Balaban J connectivity index is 2.40. The summed E-state index contributed by atoms with van der Waals surface area (Å²) in [6, 6.07) is 1.94. The standard InChI is InChI=1S/C17H20O9/c1-8-3-2-4-10(19)15(22)16(23)12(21)7-25-13-6-9(18)5-11(20)14(13)17(24)26-8/h2,4-6,8,12,15-16,18,20-23H,3,7H2,1H3/b4-2-/t8-,12+,15+,16-/m0/s1. The van der Waals surface area contributed by atoms with Gasteiger partial charge in [0.2, 0.25) is 0 Å². The lowest BCUT2D eigenvalue weighted by Gasteiger charge is -2.23. The summed E-state index contributed by atoms with van der Waals surface area (Å²) in [4.78, 5) is 24.1. The number of phenolic OH excluding ortho intramolecular Hbond substituents is 2. The smallest absolute Gasteiger partial charge is 0.346 e. The molecule has 0 radical (unpaired) electrons. The minimum Gasteiger partial charge on any atom is -0.508 e. The number of carbonyl (C=O) groups excluding carboxylic acids is 2. The summed E-state index contributed by atoms with van der Waals surface area (Å²) in [7, 11) is 0. The molecule has 0 aliphatic carbocycles. The van der Waals surface area contributed by atoms with Gasteiger partial charge in [-0.1, -0.05) is 6.08 Å². The van der Waals surface area contributed by atoms with Gasteiger partial charge in [-0.05, 0) is 13.0 Å². The van der Waals surface area contributed by atoms with Gasteiger partial charge in [-0.3, -0.25) is 4.79 Å². The van der Waals surface area contributed by atoms with Crippen molar-refractivity contribution in [1.29, 1.82) is 0 Å². The van der Waals surface area contributed by atoms with Gasteiger partial charge in [0.05, 0.1) is 0 Å². The highest BCUT2D eigenvalue weighted by Crippen LogP contribution is 2.34. The van der Waals surface area contributed by atoms with Gasteiger partial charge in [0.15, 0.2) is 5.78 Å². The number of aliphatic hydroxyl groups excluding tert-OH is 3. The van der Waals surface area contributed by atoms with Gasteiger partial charge >= 0.3 is 5.97 Å². The second kappa shape index (κ2) is 8.17. The van der Waals surface area contributed by atoms with Gasteiger partial charge in [0, 0.05) is 18.6 Å². The Bertz CT molecular complexity index is 712. The summed E-state index contributed by atoms with van der Waals surface area (Å²) in [5.41, 5.74) is -0.367. The molecule has 0 aromatic heterocycles. The molecule has 1 aromatic rings. The quantitative estimate of drug-likeness (QED) is 0.386. The Hall–Kier alpha value is -2.62. The number of ether oxygens (including phenoxy) is 2. The zero-order valence-electron chi connectivity index (χ0n) is 13.9. The Morgan fingerprint density at radius 3 is 2.50 bits per heavy atom. The summed E-state index contributed by atoms with van der Waals surface area (Å²) >= 11 is 0. The zero-order chi connectivity index (χ0) is 19.4. The number of cyclic esters (lactones) is 1. The molecule has 0 fully saturated rings. The van der Waals surface area contributed by atoms with Crippen molar-refractivity contribution >= 4 is 11.8 Å². The SMILES string of the molecule is C[C@H]1C/C=C\C(=O)[C@@H](O)[C@@H](O)[C@H](O)COc2cc(O)cc(O)c2C(=O)O1. The molecule has 1 heterocycles. The van der Waals surface area contributed by atoms with Crippen LogP contribution in [0.15, 0.2) is 24.3 Å². The van der Waals surface area contributed by atoms with Gasteiger partial charge in [0.25, 0.3) is 0 Å². The van der Waals surface area contributed by atoms with E-state index in [1.54, 1.807) is 6.92 Å². The molecule has 0 amide bonds. The van der Waals surface area contributed by atoms with Crippen molar-refractivity contribution in [2.75, 3.05) is 6.61 Å². The number of aliphatic hydroxyl groups is 3. The van der Waals surface area contributed by atoms with E-state index in [2.05, 4.69) is 0 Å². The molecule has 26 heavy (non-hydrogen) atoms. The molecular formula is C17H20O9. The fraction of sp³-hybridized carbons (Fsp3) is 0.412. The highest BCUT2D eigenvalue weighted by Gasteiger charge is 2.31. The van der Waals surface area contributed by atoms with Crippen LogP contribution >= 0.6 is 0 Å². The molecule has 0 bridgehead atoms. The lowest BCUT2D eigenvalue weighted by Crippen LogP contribution is -2.44. The number of benzene rings is 1. The molecule has 1 aromatic carbocycles. The van der Waals surface area contributed by atoms with E-state index in [0.717, 1.165) is 18.2 Å². The maximum absolute atomic E-state index is 12.3. The molecule has 4 atom stereocenters. The van der Waals surface area contributed by atoms with Gasteiger partial charge in [0.1, 0.15) is 53.8 Å². The fourth-order valence-corrected chi connectivity index (χ4v) is 2.32. The van der Waals surface area contributed by atoms with E-state index in [0.29, 0.717) is 0 Å². The highest BCUT2D eigenvalue weighted by atomic mass is 16.5. The number of esters is 1. The number of ketones is 1. The first kappa shape index (κ1) is 19.7. The second-order valence-electron chi connectivity index (χ2n) is 5.91. The molecule has 0 unspecified atom stereocenters. The van der Waals surface area contributed by atoms with Crippen LogP contribution in [0.1, 0.15) is 23.7 Å². The molecular weight excluding hydrogens is 348 g/mol. The minimum absolute atomic E-state index is 0.123. The van der Waals surface area contributed by atoms with Crippen molar-refractivity contribution in [3.05, 3.63) is 29.8 Å². The van der Waals surface area contributed by atoms with E-state index >= 15 is 0 Å². The van der Waals surface area contributed by atoms with Crippen LogP contribution in [0.3, 0.4) is 0 Å². The first-order valence-electron chi connectivity index (χ1n) is 7.85. The number of hydrogen-bond donors (Lipinski definition) is 5. The van der Waals surface area contributed by atoms with E-state index in [9.17, 15) is 35.1 Å². The van der Waals surface area contributed by atoms with Gasteiger partial charge in [-0.25, -0.2) is 4.79 Å². The van der Waals surface area contributed by atoms with E-state index in [1.165, 1.54) is 6.08 Å². The molecule has 9 heteroatoms. The number of phenols is 2. The summed E-state index contributed by atoms with van der Waals surface area (Å²) in [5.74, 6) is -3.06. The average molecular weight is 368 g/mol. The Morgan fingerprint density at radius 2 is 1.81 bits per heavy atom. The topological polar surface area (TPSA) is 154 Å². The summed E-state index contributed by atoms with van der Waals surface area (Å²) in [6.45, 7) is 0.916. The molecule has 142 valence electrons. The third-order valence-electron chi connectivity index (χ3n) is 3.75. The van der Waals surface area contributed by atoms with E-state index in [-0.39, 0.29) is 17.7 Å². The van der Waals surface area contributed by atoms with Gasteiger partial charge in [-0.2, -0.15) is 0 Å². The Labute approximate surface area is 148 Å². The third kappa shape index (κ3) is 4.51. The fourth-order valence-electron chi connectivity index (χ4n) is 2.32. The van der Waals surface area contributed by atoms with Crippen molar-refractivity contribution in [3.63, 3.8) is 0 Å². The normalized spacial score (nSPS) is 29.1. The number of aromatic hydroxyl groups is 2. The van der Waals surface area contributed by atoms with Crippen LogP contribution in [0.4, 0.5) is 0 Å². The molecule has 0 spiro atoms. The maximum Gasteiger partial charge on any atom is 0.346 e. The predicted molar refractivity (Wildman–Crippen MR) is 86.9 cm³/mol. The number of hydrogen-bond acceptors (Lipinski definition) is 9. The van der Waals surface area contributed by atoms with Crippen molar-refractivity contribution < 1.29 is 44.6 Å². The van der Waals surface area contributed by atoms with Crippen LogP contribution in [0, 0.1) is 0 Å². The van der Waals surface area contributed by atoms with E-state index < -0.39 is 54.3 Å². The number of carbonyl (C=O) groups is 2. The summed E-state index contributed by atoms with van der Waals surface area (Å²) in [5, 5.41) is 49.1. The highest BCUT2D eigenvalue weighted by molar-refractivity contribution is 5.96. The number of fused-ring (bicyclic) bond motifs is 1. The van der Waals surface area contributed by atoms with E-state index in [4.69, 9.17) is 9.47 Å². The molecule has 1 aliphatic rings. The Kier molecular flexibility index (Phi) is 6.19. The lowest BCUT2D eigenvalue weighted by atomic mass is 10.0. The molecule has 5 N–H and O–H groups in total. The van der Waals surface area contributed by atoms with Crippen molar-refractivity contribution in [3.8, 4) is 17.2 Å². The van der Waals surface area contributed by atoms with Crippen LogP contribution in [0.5, 0.6) is 17.2 Å². The van der Waals surface area contributed by atoms with Gasteiger partial charge in [-0.15, -0.1) is 0 Å². The molecule has 9 nitrogen and oxygen atoms in total. The largest absolute Gasteiger partial charge is 0.508 e. The third-order valence-corrected chi connectivity index (χ3v) is 3.75. The summed E-state index contributed by atoms with van der Waals surface area (Å²) in [6.07, 6.45) is -3.58. The van der Waals surface area contributed by atoms with Crippen LogP contribution in [-0.2, 0) is 9.53 Å². The van der Waals surface area contributed by atoms with E-state index in [1.807, 2.05) is 0 Å². The first-order valence-corrected chi connectivity index (χ1v) is 7.85. The van der Waals surface area contributed by atoms with Crippen molar-refractivity contribution in [2.45, 2.75) is 37.8 Å². The maximum atomic E-state index is 12.3. The molecule has 0 saturated carbocycles. The van der Waals surface area contributed by atoms with Crippen LogP contribution in [-0.4, -0.2) is 68.3 Å². The van der Waals surface area contributed by atoms with Crippen molar-refractivity contribution in [2.24, 2.45) is 0 Å². The minimum atomic E-state index is -1.87. The first-order chi connectivity index (χ1) is 12.2. The number of rotatable bonds is 0. The lowest BCUT2D eigenvalue weighted by molar-refractivity contribution is -0.134. The molecule has 2 rings (SSSR count). The average Bonchev–Trinajstić information content (AvgIpc) is 2.56. The zero-order valence-corrected chi connectivity index (χ0v) is 13.9. The van der Waals surface area contributed by atoms with Crippen LogP contribution in [0.25, 0.3) is 0 Å². The van der Waals surface area contributed by atoms with Crippen molar-refractivity contribution in [1.82, 2.24) is 0 Å². The second-order valence-corrected chi connectivity index (χ2v) is 5.91. The molecule has 0 saturated heterocycles. The summed E-state index contributed by atoms with van der Waals surface area (Å²) < 4.78 is 10.3. The van der Waals surface area contributed by atoms with Gasteiger partial charge < -0.3 is 35.0 Å². The molecule has 1 aliphatic heterocycles. The monoisotopic (exact) mass is 368 g/mol. The predicted octanol–water partition coefficient (Wildman–Crippen LogP) is -0.366. The van der Waals surface area contributed by atoms with Crippen LogP contribution < -0.4 is 4.74 Å². The Morgan fingerprint density at radius 1 is 1.12 bits per heavy atom.